The first kappa shape index (κ1) is 12.8. The van der Waals surface area contributed by atoms with Crippen molar-refractivity contribution in [2.24, 2.45) is 7.05 Å². The molecule has 0 spiro atoms. The van der Waals surface area contributed by atoms with Crippen LogP contribution in [0.2, 0.25) is 0 Å². The predicted octanol–water partition coefficient (Wildman–Crippen LogP) is 2.27. The number of rotatable bonds is 5. The molecule has 0 aliphatic carbocycles. The number of furan rings is 1. The maximum atomic E-state index is 5.44. The van der Waals surface area contributed by atoms with Gasteiger partial charge in [-0.2, -0.15) is 5.10 Å². The summed E-state index contributed by atoms with van der Waals surface area (Å²) < 4.78 is 8.80. The molecule has 0 amide bonds. The number of aryl methyl sites for hydroxylation is 1. The zero-order chi connectivity index (χ0) is 12.3. The molecule has 0 aliphatic rings. The minimum absolute atomic E-state index is 0.692. The quantitative estimate of drug-likeness (QED) is 0.828. The van der Waals surface area contributed by atoms with Gasteiger partial charge in [0.2, 0.25) is 0 Å². The van der Waals surface area contributed by atoms with Gasteiger partial charge in [-0.3, -0.25) is 4.68 Å². The van der Waals surface area contributed by atoms with Crippen LogP contribution in [0.3, 0.4) is 0 Å². The van der Waals surface area contributed by atoms with E-state index < -0.39 is 0 Å². The Bertz CT molecular complexity index is 475. The Hall–Kier alpha value is -0.660. The summed E-state index contributed by atoms with van der Waals surface area (Å²) in [6.45, 7) is 1.51. The van der Waals surface area contributed by atoms with Crippen LogP contribution in [-0.2, 0) is 20.0 Å². The third-order valence-electron chi connectivity index (χ3n) is 2.17. The molecule has 5 nitrogen and oxygen atoms in total. The first-order chi connectivity index (χ1) is 8.15. The second kappa shape index (κ2) is 5.79. The van der Waals surface area contributed by atoms with Crippen LogP contribution in [0, 0.1) is 0 Å². The van der Waals surface area contributed by atoms with Crippen molar-refractivity contribution in [3.63, 3.8) is 0 Å². The monoisotopic (exact) mass is 362 g/mol. The molecule has 0 fully saturated rings. The summed E-state index contributed by atoms with van der Waals surface area (Å²) in [5.74, 6) is 1.74. The van der Waals surface area contributed by atoms with Gasteiger partial charge in [-0.25, -0.2) is 4.98 Å². The smallest absolute Gasteiger partial charge is 0.183 e. The van der Waals surface area contributed by atoms with Crippen molar-refractivity contribution in [1.29, 1.82) is 0 Å². The van der Waals surface area contributed by atoms with Crippen LogP contribution in [0.4, 0.5) is 0 Å². The fraction of sp³-hybridized carbons (Fsp3) is 0.400. The van der Waals surface area contributed by atoms with E-state index in [1.807, 2.05) is 13.1 Å². The molecule has 2 rings (SSSR count). The summed E-state index contributed by atoms with van der Waals surface area (Å²) in [6, 6.07) is 1.94. The lowest BCUT2D eigenvalue weighted by Crippen LogP contribution is -2.16. The van der Waals surface area contributed by atoms with Crippen LogP contribution in [0.5, 0.6) is 0 Å². The van der Waals surface area contributed by atoms with E-state index in [4.69, 9.17) is 4.42 Å². The average molecular weight is 364 g/mol. The highest BCUT2D eigenvalue weighted by Gasteiger charge is 2.05. The van der Waals surface area contributed by atoms with Crippen LogP contribution in [0.1, 0.15) is 11.6 Å². The van der Waals surface area contributed by atoms with Crippen molar-refractivity contribution < 1.29 is 4.42 Å². The van der Waals surface area contributed by atoms with Gasteiger partial charge in [0.05, 0.1) is 11.0 Å². The summed E-state index contributed by atoms with van der Waals surface area (Å²) in [5.41, 5.74) is 0. The lowest BCUT2D eigenvalue weighted by atomic mass is 10.4. The Labute approximate surface area is 116 Å². The van der Waals surface area contributed by atoms with Crippen molar-refractivity contribution in [3.05, 3.63) is 33.1 Å². The van der Waals surface area contributed by atoms with Crippen LogP contribution in [0.15, 0.2) is 26.0 Å². The molecule has 17 heavy (non-hydrogen) atoms. The van der Waals surface area contributed by atoms with Gasteiger partial charge in [-0.15, -0.1) is 0 Å². The molecule has 0 saturated carbocycles. The van der Waals surface area contributed by atoms with Gasteiger partial charge in [0, 0.05) is 20.0 Å². The number of aromatic nitrogens is 3. The van der Waals surface area contributed by atoms with Crippen LogP contribution in [-0.4, -0.2) is 21.3 Å². The minimum atomic E-state index is 0.692. The number of halogens is 2. The molecule has 2 heterocycles. The molecule has 0 saturated heterocycles. The van der Waals surface area contributed by atoms with Gasteiger partial charge in [0.1, 0.15) is 12.1 Å². The molecular weight excluding hydrogens is 352 g/mol. The highest BCUT2D eigenvalue weighted by Crippen LogP contribution is 2.26. The molecule has 0 aliphatic heterocycles. The fourth-order valence-corrected chi connectivity index (χ4v) is 2.05. The molecule has 7 heteroatoms. The number of hydrogen-bond donors (Lipinski definition) is 1. The van der Waals surface area contributed by atoms with Gasteiger partial charge in [-0.1, -0.05) is 0 Å². The van der Waals surface area contributed by atoms with E-state index in [2.05, 4.69) is 47.3 Å². The maximum Gasteiger partial charge on any atom is 0.183 e. The van der Waals surface area contributed by atoms with E-state index in [1.165, 1.54) is 0 Å². The van der Waals surface area contributed by atoms with Crippen LogP contribution < -0.4 is 5.32 Å². The largest absolute Gasteiger partial charge is 0.452 e. The summed E-state index contributed by atoms with van der Waals surface area (Å²) in [7, 11) is 1.86. The summed E-state index contributed by atoms with van der Waals surface area (Å²) >= 11 is 6.67. The van der Waals surface area contributed by atoms with E-state index in [-0.39, 0.29) is 0 Å². The topological polar surface area (TPSA) is 55.9 Å². The van der Waals surface area contributed by atoms with E-state index in [1.54, 1.807) is 11.0 Å². The van der Waals surface area contributed by atoms with E-state index in [0.29, 0.717) is 6.54 Å². The lowest BCUT2D eigenvalue weighted by molar-refractivity contribution is 0.464. The molecule has 0 bridgehead atoms. The Morgan fingerprint density at radius 1 is 1.47 bits per heavy atom. The molecule has 0 unspecified atom stereocenters. The molecule has 2 aromatic heterocycles. The summed E-state index contributed by atoms with van der Waals surface area (Å²) in [6.07, 6.45) is 2.51. The predicted molar refractivity (Wildman–Crippen MR) is 70.5 cm³/mol. The SMILES string of the molecule is Cn1cnc(CCNCc2cc(Br)c(Br)o2)n1. The average Bonchev–Trinajstić information content (AvgIpc) is 2.82. The first-order valence-electron chi connectivity index (χ1n) is 5.14. The highest BCUT2D eigenvalue weighted by atomic mass is 79.9. The second-order valence-electron chi connectivity index (χ2n) is 3.60. The maximum absolute atomic E-state index is 5.44. The first-order valence-corrected chi connectivity index (χ1v) is 6.72. The van der Waals surface area contributed by atoms with Crippen molar-refractivity contribution in [2.45, 2.75) is 13.0 Å². The van der Waals surface area contributed by atoms with Crippen LogP contribution >= 0.6 is 31.9 Å². The number of nitrogens with zero attached hydrogens (tertiary/aromatic N) is 3. The standard InChI is InChI=1S/C10H12Br2N4O/c1-16-6-14-9(15-16)2-3-13-5-7-4-8(11)10(12)17-7/h4,6,13H,2-3,5H2,1H3. The molecule has 1 N–H and O–H groups in total. The second-order valence-corrected chi connectivity index (χ2v) is 5.17. The Morgan fingerprint density at radius 3 is 2.88 bits per heavy atom. The summed E-state index contributed by atoms with van der Waals surface area (Å²) in [4.78, 5) is 4.15. The Kier molecular flexibility index (Phi) is 4.36. The molecule has 0 aromatic carbocycles. The van der Waals surface area contributed by atoms with Gasteiger partial charge < -0.3 is 9.73 Å². The van der Waals surface area contributed by atoms with Gasteiger partial charge in [0.25, 0.3) is 0 Å². The van der Waals surface area contributed by atoms with Gasteiger partial charge in [0.15, 0.2) is 10.5 Å². The van der Waals surface area contributed by atoms with E-state index in [9.17, 15) is 0 Å². The fourth-order valence-electron chi connectivity index (χ4n) is 1.39. The highest BCUT2D eigenvalue weighted by molar-refractivity contribution is 9.13. The molecule has 2 aromatic rings. The van der Waals surface area contributed by atoms with Crippen LogP contribution in [0.25, 0.3) is 0 Å². The molecular formula is C10H12Br2N4O. The normalized spacial score (nSPS) is 11.0. The lowest BCUT2D eigenvalue weighted by Gasteiger charge is -1.99. The van der Waals surface area contributed by atoms with Gasteiger partial charge in [-0.05, 0) is 37.9 Å². The van der Waals surface area contributed by atoms with E-state index >= 15 is 0 Å². The van der Waals surface area contributed by atoms with Crippen molar-refractivity contribution in [3.8, 4) is 0 Å². The zero-order valence-electron chi connectivity index (χ0n) is 9.28. The Balaban J connectivity index is 1.73. The zero-order valence-corrected chi connectivity index (χ0v) is 12.5. The number of nitrogens with one attached hydrogen (secondary N) is 1. The molecule has 0 atom stereocenters. The molecule has 0 radical (unpaired) electrons. The van der Waals surface area contributed by atoms with Crippen molar-refractivity contribution in [1.82, 2.24) is 20.1 Å². The third-order valence-corrected chi connectivity index (χ3v) is 3.88. The third kappa shape index (κ3) is 3.65. The number of hydrogen-bond acceptors (Lipinski definition) is 4. The van der Waals surface area contributed by atoms with Crippen molar-refractivity contribution >= 4 is 31.9 Å². The van der Waals surface area contributed by atoms with Gasteiger partial charge >= 0.3 is 0 Å². The van der Waals surface area contributed by atoms with Crippen molar-refractivity contribution in [2.75, 3.05) is 6.54 Å². The minimum Gasteiger partial charge on any atom is -0.452 e. The van der Waals surface area contributed by atoms with E-state index in [0.717, 1.165) is 33.7 Å². The Morgan fingerprint density at radius 2 is 2.29 bits per heavy atom. The summed E-state index contributed by atoms with van der Waals surface area (Å²) in [5, 5.41) is 7.48. The molecule has 92 valence electrons.